The van der Waals surface area contributed by atoms with Gasteiger partial charge in [0, 0.05) is 7.05 Å². The second kappa shape index (κ2) is 6.84. The number of amides is 1. The second-order valence-corrected chi connectivity index (χ2v) is 6.81. The number of nitrogens with zero attached hydrogens (tertiary/aromatic N) is 2. The molecule has 1 amide bonds. The number of para-hydroxylation sites is 1. The predicted molar refractivity (Wildman–Crippen MR) is 91.2 cm³/mol. The normalized spacial score (nSPS) is 11.7. The number of hydrogen-bond acceptors (Lipinski definition) is 3. The van der Waals surface area contributed by atoms with Gasteiger partial charge in [-0.1, -0.05) is 24.3 Å². The van der Waals surface area contributed by atoms with E-state index in [1.807, 2.05) is 24.3 Å². The Labute approximate surface area is 146 Å². The Morgan fingerprint density at radius 2 is 1.80 bits per heavy atom. The zero-order chi connectivity index (χ0) is 18.0. The Morgan fingerprint density at radius 3 is 2.44 bits per heavy atom. The average Bonchev–Trinajstić information content (AvgIpc) is 2.96. The minimum absolute atomic E-state index is 0.0551. The summed E-state index contributed by atoms with van der Waals surface area (Å²) in [6, 6.07) is 12.4. The molecule has 1 aromatic heterocycles. The monoisotopic (exact) mass is 364 g/mol. The molecular formula is C18H15F3N2OS. The predicted octanol–water partition coefficient (Wildman–Crippen LogP) is 4.52. The SMILES string of the molecule is CN(Cc1nc2ccccc2s1)C(=O)Cc1ccc(C(F)(F)F)cc1. The third-order valence-corrected chi connectivity index (χ3v) is 4.79. The summed E-state index contributed by atoms with van der Waals surface area (Å²) >= 11 is 1.52. The molecule has 0 unspecified atom stereocenters. The van der Waals surface area contributed by atoms with Crippen molar-refractivity contribution in [1.29, 1.82) is 0 Å². The van der Waals surface area contributed by atoms with Crippen molar-refractivity contribution >= 4 is 27.5 Å². The smallest absolute Gasteiger partial charge is 0.339 e. The molecule has 0 saturated carbocycles. The molecule has 0 aliphatic rings. The van der Waals surface area contributed by atoms with Crippen LogP contribution in [0.5, 0.6) is 0 Å². The van der Waals surface area contributed by atoms with Crippen LogP contribution in [0.25, 0.3) is 10.2 Å². The van der Waals surface area contributed by atoms with E-state index in [1.165, 1.54) is 28.4 Å². The van der Waals surface area contributed by atoms with Crippen LogP contribution in [0.3, 0.4) is 0 Å². The van der Waals surface area contributed by atoms with Crippen LogP contribution >= 0.6 is 11.3 Å². The maximum Gasteiger partial charge on any atom is 0.416 e. The number of benzene rings is 2. The molecule has 0 fully saturated rings. The van der Waals surface area contributed by atoms with Gasteiger partial charge in [-0.2, -0.15) is 13.2 Å². The van der Waals surface area contributed by atoms with Gasteiger partial charge in [0.05, 0.1) is 28.7 Å². The summed E-state index contributed by atoms with van der Waals surface area (Å²) in [5.74, 6) is -0.168. The van der Waals surface area contributed by atoms with E-state index in [1.54, 1.807) is 7.05 Å². The Balaban J connectivity index is 1.64. The summed E-state index contributed by atoms with van der Waals surface area (Å²) in [6.07, 6.45) is -4.31. The number of carbonyl (C=O) groups is 1. The highest BCUT2D eigenvalue weighted by molar-refractivity contribution is 7.18. The summed E-state index contributed by atoms with van der Waals surface area (Å²) in [4.78, 5) is 18.3. The van der Waals surface area contributed by atoms with Crippen molar-refractivity contribution in [3.63, 3.8) is 0 Å². The number of aromatic nitrogens is 1. The van der Waals surface area contributed by atoms with Gasteiger partial charge in [-0.25, -0.2) is 4.98 Å². The average molecular weight is 364 g/mol. The fraction of sp³-hybridized carbons (Fsp3) is 0.222. The van der Waals surface area contributed by atoms with Crippen LogP contribution in [0.1, 0.15) is 16.1 Å². The number of carbonyl (C=O) groups excluding carboxylic acids is 1. The highest BCUT2D eigenvalue weighted by Gasteiger charge is 2.30. The highest BCUT2D eigenvalue weighted by Crippen LogP contribution is 2.29. The highest BCUT2D eigenvalue weighted by atomic mass is 32.1. The first-order valence-corrected chi connectivity index (χ1v) is 8.39. The van der Waals surface area contributed by atoms with E-state index in [-0.39, 0.29) is 12.3 Å². The lowest BCUT2D eigenvalue weighted by Gasteiger charge is -2.16. The van der Waals surface area contributed by atoms with Gasteiger partial charge in [-0.15, -0.1) is 11.3 Å². The van der Waals surface area contributed by atoms with Crippen molar-refractivity contribution in [3.8, 4) is 0 Å². The number of thiazole rings is 1. The second-order valence-electron chi connectivity index (χ2n) is 5.70. The molecule has 3 aromatic rings. The van der Waals surface area contributed by atoms with Crippen LogP contribution in [-0.2, 0) is 23.9 Å². The minimum Gasteiger partial charge on any atom is -0.339 e. The maximum atomic E-state index is 12.6. The molecule has 0 spiro atoms. The van der Waals surface area contributed by atoms with Crippen molar-refractivity contribution in [1.82, 2.24) is 9.88 Å². The molecule has 2 aromatic carbocycles. The summed E-state index contributed by atoms with van der Waals surface area (Å²) in [5.41, 5.74) is 0.728. The van der Waals surface area contributed by atoms with Gasteiger partial charge in [0.1, 0.15) is 5.01 Å². The van der Waals surface area contributed by atoms with E-state index < -0.39 is 11.7 Å². The summed E-state index contributed by atoms with van der Waals surface area (Å²) in [7, 11) is 1.67. The first-order valence-electron chi connectivity index (χ1n) is 7.57. The molecule has 0 saturated heterocycles. The lowest BCUT2D eigenvalue weighted by Crippen LogP contribution is -2.27. The quantitative estimate of drug-likeness (QED) is 0.682. The number of alkyl halides is 3. The molecule has 25 heavy (non-hydrogen) atoms. The zero-order valence-electron chi connectivity index (χ0n) is 13.4. The summed E-state index contributed by atoms with van der Waals surface area (Å²) in [5, 5.41) is 0.824. The van der Waals surface area contributed by atoms with Gasteiger partial charge in [0.2, 0.25) is 5.91 Å². The molecule has 3 nitrogen and oxygen atoms in total. The molecular weight excluding hydrogens is 349 g/mol. The number of likely N-dealkylation sites (N-methyl/N-ethyl adjacent to an activating group) is 1. The van der Waals surface area contributed by atoms with Gasteiger partial charge in [-0.3, -0.25) is 4.79 Å². The number of fused-ring (bicyclic) bond motifs is 1. The largest absolute Gasteiger partial charge is 0.416 e. The van der Waals surface area contributed by atoms with E-state index in [0.29, 0.717) is 12.1 Å². The van der Waals surface area contributed by atoms with Crippen LogP contribution in [0.15, 0.2) is 48.5 Å². The molecule has 0 aliphatic carbocycles. The zero-order valence-corrected chi connectivity index (χ0v) is 14.2. The number of rotatable bonds is 4. The Hall–Kier alpha value is -2.41. The van der Waals surface area contributed by atoms with E-state index >= 15 is 0 Å². The summed E-state index contributed by atoms with van der Waals surface area (Å²) < 4.78 is 38.7. The van der Waals surface area contributed by atoms with Crippen LogP contribution in [0.4, 0.5) is 13.2 Å². The number of hydrogen-bond donors (Lipinski definition) is 0. The Kier molecular flexibility index (Phi) is 4.76. The summed E-state index contributed by atoms with van der Waals surface area (Å²) in [6.45, 7) is 0.374. The lowest BCUT2D eigenvalue weighted by molar-refractivity contribution is -0.137. The van der Waals surface area contributed by atoms with Crippen molar-refractivity contribution < 1.29 is 18.0 Å². The van der Waals surface area contributed by atoms with E-state index in [2.05, 4.69) is 4.98 Å². The molecule has 0 N–H and O–H groups in total. The third-order valence-electron chi connectivity index (χ3n) is 3.77. The Morgan fingerprint density at radius 1 is 1.12 bits per heavy atom. The van der Waals surface area contributed by atoms with Gasteiger partial charge in [-0.05, 0) is 29.8 Å². The fourth-order valence-electron chi connectivity index (χ4n) is 2.40. The molecule has 130 valence electrons. The molecule has 0 bridgehead atoms. The van der Waals surface area contributed by atoms with Crippen molar-refractivity contribution in [2.24, 2.45) is 0 Å². The first-order chi connectivity index (χ1) is 11.8. The minimum atomic E-state index is -4.37. The van der Waals surface area contributed by atoms with Gasteiger partial charge < -0.3 is 4.90 Å². The van der Waals surface area contributed by atoms with E-state index in [0.717, 1.165) is 27.4 Å². The molecule has 3 rings (SSSR count). The first kappa shape index (κ1) is 17.4. The van der Waals surface area contributed by atoms with E-state index in [9.17, 15) is 18.0 Å². The van der Waals surface area contributed by atoms with Crippen LogP contribution in [0, 0.1) is 0 Å². The standard InChI is InChI=1S/C18H15F3N2OS/c1-23(11-16-22-14-4-2-3-5-15(14)25-16)17(24)10-12-6-8-13(9-7-12)18(19,20)21/h2-9H,10-11H2,1H3. The topological polar surface area (TPSA) is 33.2 Å². The van der Waals surface area contributed by atoms with Crippen molar-refractivity contribution in [3.05, 3.63) is 64.7 Å². The molecule has 0 atom stereocenters. The molecule has 1 heterocycles. The third kappa shape index (κ3) is 4.17. The van der Waals surface area contributed by atoms with E-state index in [4.69, 9.17) is 0 Å². The van der Waals surface area contributed by atoms with Crippen molar-refractivity contribution in [2.75, 3.05) is 7.05 Å². The van der Waals surface area contributed by atoms with Gasteiger partial charge in [0.15, 0.2) is 0 Å². The van der Waals surface area contributed by atoms with Crippen LogP contribution < -0.4 is 0 Å². The maximum absolute atomic E-state index is 12.6. The molecule has 7 heteroatoms. The van der Waals surface area contributed by atoms with Gasteiger partial charge >= 0.3 is 6.18 Å². The fourth-order valence-corrected chi connectivity index (χ4v) is 3.42. The van der Waals surface area contributed by atoms with Crippen LogP contribution in [0.2, 0.25) is 0 Å². The van der Waals surface area contributed by atoms with Crippen LogP contribution in [-0.4, -0.2) is 22.8 Å². The van der Waals surface area contributed by atoms with Crippen molar-refractivity contribution in [2.45, 2.75) is 19.1 Å². The lowest BCUT2D eigenvalue weighted by atomic mass is 10.1. The number of halogens is 3. The van der Waals surface area contributed by atoms with Gasteiger partial charge in [0.25, 0.3) is 0 Å². The Bertz CT molecular complexity index is 854. The molecule has 0 radical (unpaired) electrons. The molecule has 0 aliphatic heterocycles.